The zero-order valence-corrected chi connectivity index (χ0v) is 18.7. The monoisotopic (exact) mass is 490 g/mol. The van der Waals surface area contributed by atoms with Crippen LogP contribution in [0, 0.1) is 11.7 Å². The van der Waals surface area contributed by atoms with Gasteiger partial charge in [0.2, 0.25) is 5.91 Å². The number of guanidine groups is 1. The Kier molecular flexibility index (Phi) is 11.3. The first-order chi connectivity index (χ1) is 12.6. The summed E-state index contributed by atoms with van der Waals surface area (Å²) >= 11 is 0. The summed E-state index contributed by atoms with van der Waals surface area (Å²) in [5.74, 6) is 1.26. The Balaban J connectivity index is 0.00000364. The SMILES string of the molecule is CCNC(=NCCC(=O)N1CCCC(C)C1)NCCc1ccccc1F.I. The first kappa shape index (κ1) is 23.7. The van der Waals surface area contributed by atoms with Crippen molar-refractivity contribution >= 4 is 35.8 Å². The number of carbonyl (C=O) groups is 1. The highest BCUT2D eigenvalue weighted by Gasteiger charge is 2.20. The number of carbonyl (C=O) groups excluding carboxylic acids is 1. The van der Waals surface area contributed by atoms with E-state index in [0.29, 0.717) is 43.4 Å². The van der Waals surface area contributed by atoms with E-state index in [1.807, 2.05) is 17.9 Å². The van der Waals surface area contributed by atoms with Gasteiger partial charge in [-0.15, -0.1) is 24.0 Å². The average molecular weight is 490 g/mol. The predicted octanol–water partition coefficient (Wildman–Crippen LogP) is 3.19. The molecule has 0 spiro atoms. The number of hydrogen-bond donors (Lipinski definition) is 2. The molecule has 0 saturated carbocycles. The highest BCUT2D eigenvalue weighted by atomic mass is 127. The van der Waals surface area contributed by atoms with Gasteiger partial charge in [-0.05, 0) is 43.7 Å². The Bertz CT molecular complexity index is 611. The number of benzene rings is 1. The van der Waals surface area contributed by atoms with E-state index in [1.165, 1.54) is 12.5 Å². The topological polar surface area (TPSA) is 56.7 Å². The third-order valence-electron chi connectivity index (χ3n) is 4.59. The van der Waals surface area contributed by atoms with Crippen molar-refractivity contribution in [3.8, 4) is 0 Å². The largest absolute Gasteiger partial charge is 0.357 e. The van der Waals surface area contributed by atoms with Crippen LogP contribution in [0.3, 0.4) is 0 Å². The molecule has 5 nitrogen and oxygen atoms in total. The normalized spacial score (nSPS) is 17.2. The average Bonchev–Trinajstić information content (AvgIpc) is 2.63. The third-order valence-corrected chi connectivity index (χ3v) is 4.59. The zero-order valence-electron chi connectivity index (χ0n) is 16.3. The van der Waals surface area contributed by atoms with E-state index in [0.717, 1.165) is 26.1 Å². The van der Waals surface area contributed by atoms with Crippen molar-refractivity contribution in [2.75, 3.05) is 32.7 Å². The summed E-state index contributed by atoms with van der Waals surface area (Å²) < 4.78 is 13.6. The second kappa shape index (κ2) is 12.9. The molecule has 1 aromatic rings. The summed E-state index contributed by atoms with van der Waals surface area (Å²) in [4.78, 5) is 18.7. The molecule has 2 N–H and O–H groups in total. The number of nitrogens with one attached hydrogen (secondary N) is 2. The molecule has 1 aliphatic rings. The Morgan fingerprint density at radius 2 is 2.11 bits per heavy atom. The molecule has 0 bridgehead atoms. The Morgan fingerprint density at radius 3 is 2.81 bits per heavy atom. The number of nitrogens with zero attached hydrogens (tertiary/aromatic N) is 2. The fraction of sp³-hybridized carbons (Fsp3) is 0.600. The number of rotatable bonds is 7. The van der Waals surface area contributed by atoms with Crippen molar-refractivity contribution in [3.05, 3.63) is 35.6 Å². The molecule has 27 heavy (non-hydrogen) atoms. The second-order valence-corrected chi connectivity index (χ2v) is 6.87. The van der Waals surface area contributed by atoms with Crippen LogP contribution in [0.1, 0.15) is 38.7 Å². The van der Waals surface area contributed by atoms with Crippen molar-refractivity contribution in [2.24, 2.45) is 10.9 Å². The van der Waals surface area contributed by atoms with Crippen LogP contribution >= 0.6 is 24.0 Å². The van der Waals surface area contributed by atoms with Crippen molar-refractivity contribution in [1.29, 1.82) is 0 Å². The molecule has 0 radical (unpaired) electrons. The third kappa shape index (κ3) is 8.45. The fourth-order valence-corrected chi connectivity index (χ4v) is 3.20. The van der Waals surface area contributed by atoms with Crippen LogP contribution in [0.25, 0.3) is 0 Å². The van der Waals surface area contributed by atoms with Crippen molar-refractivity contribution < 1.29 is 9.18 Å². The predicted molar refractivity (Wildman–Crippen MR) is 119 cm³/mol. The maximum absolute atomic E-state index is 13.6. The van der Waals surface area contributed by atoms with Crippen LogP contribution in [0.4, 0.5) is 4.39 Å². The lowest BCUT2D eigenvalue weighted by Gasteiger charge is -2.30. The molecule has 1 amide bonds. The lowest BCUT2D eigenvalue weighted by molar-refractivity contribution is -0.132. The smallest absolute Gasteiger partial charge is 0.224 e. The molecule has 2 rings (SSSR count). The zero-order chi connectivity index (χ0) is 18.8. The molecule has 1 atom stereocenters. The molecule has 152 valence electrons. The van der Waals surface area contributed by atoms with Crippen LogP contribution < -0.4 is 10.6 Å². The first-order valence-electron chi connectivity index (χ1n) is 9.63. The molecule has 1 unspecified atom stereocenters. The number of likely N-dealkylation sites (tertiary alicyclic amines) is 1. The van der Waals surface area contributed by atoms with Gasteiger partial charge in [0, 0.05) is 32.6 Å². The highest BCUT2D eigenvalue weighted by molar-refractivity contribution is 14.0. The van der Waals surface area contributed by atoms with Crippen LogP contribution in [0.5, 0.6) is 0 Å². The number of amides is 1. The van der Waals surface area contributed by atoms with Crippen molar-refractivity contribution in [3.63, 3.8) is 0 Å². The van der Waals surface area contributed by atoms with E-state index in [4.69, 9.17) is 0 Å². The molecule has 1 fully saturated rings. The molecule has 1 heterocycles. The van der Waals surface area contributed by atoms with Gasteiger partial charge in [0.25, 0.3) is 0 Å². The van der Waals surface area contributed by atoms with Gasteiger partial charge in [-0.2, -0.15) is 0 Å². The van der Waals surface area contributed by atoms with Crippen LogP contribution in [-0.2, 0) is 11.2 Å². The second-order valence-electron chi connectivity index (χ2n) is 6.87. The van der Waals surface area contributed by atoms with Crippen LogP contribution in [-0.4, -0.2) is 49.5 Å². The van der Waals surface area contributed by atoms with Gasteiger partial charge in [0.05, 0.1) is 6.54 Å². The van der Waals surface area contributed by atoms with Crippen LogP contribution in [0.2, 0.25) is 0 Å². The summed E-state index contributed by atoms with van der Waals surface area (Å²) in [6, 6.07) is 6.80. The maximum atomic E-state index is 13.6. The summed E-state index contributed by atoms with van der Waals surface area (Å²) in [5.41, 5.74) is 0.685. The van der Waals surface area contributed by atoms with Crippen molar-refractivity contribution in [2.45, 2.75) is 39.5 Å². The molecule has 0 aromatic heterocycles. The van der Waals surface area contributed by atoms with Gasteiger partial charge in [-0.3, -0.25) is 9.79 Å². The lowest BCUT2D eigenvalue weighted by atomic mass is 10.00. The number of piperidine rings is 1. The van der Waals surface area contributed by atoms with E-state index >= 15 is 0 Å². The lowest BCUT2D eigenvalue weighted by Crippen LogP contribution is -2.40. The molecular weight excluding hydrogens is 458 g/mol. The van der Waals surface area contributed by atoms with Crippen molar-refractivity contribution in [1.82, 2.24) is 15.5 Å². The summed E-state index contributed by atoms with van der Waals surface area (Å²) in [5, 5.41) is 6.37. The first-order valence-corrected chi connectivity index (χ1v) is 9.63. The van der Waals surface area contributed by atoms with Crippen LogP contribution in [0.15, 0.2) is 29.3 Å². The quantitative estimate of drug-likeness (QED) is 0.351. The molecule has 1 saturated heterocycles. The van der Waals surface area contributed by atoms with E-state index in [-0.39, 0.29) is 35.7 Å². The molecule has 1 aliphatic heterocycles. The molecule has 1 aromatic carbocycles. The Morgan fingerprint density at radius 1 is 1.33 bits per heavy atom. The molecular formula is C20H32FIN4O. The molecule has 0 aliphatic carbocycles. The van der Waals surface area contributed by atoms with Gasteiger partial charge < -0.3 is 15.5 Å². The fourth-order valence-electron chi connectivity index (χ4n) is 3.20. The summed E-state index contributed by atoms with van der Waals surface area (Å²) in [7, 11) is 0. The minimum Gasteiger partial charge on any atom is -0.357 e. The van der Waals surface area contributed by atoms with E-state index in [2.05, 4.69) is 22.5 Å². The van der Waals surface area contributed by atoms with E-state index in [1.54, 1.807) is 12.1 Å². The Labute approximate surface area is 179 Å². The number of halogens is 2. The van der Waals surface area contributed by atoms with Gasteiger partial charge in [0.1, 0.15) is 5.82 Å². The maximum Gasteiger partial charge on any atom is 0.224 e. The van der Waals surface area contributed by atoms with Gasteiger partial charge in [-0.25, -0.2) is 4.39 Å². The summed E-state index contributed by atoms with van der Waals surface area (Å²) in [6.07, 6.45) is 3.31. The van der Waals surface area contributed by atoms with E-state index < -0.39 is 0 Å². The van der Waals surface area contributed by atoms with E-state index in [9.17, 15) is 9.18 Å². The standard InChI is InChI=1S/C20H31FN4O.HI/c1-3-22-20(23-12-10-17-8-4-5-9-18(17)21)24-13-11-19(26)25-14-6-7-16(2)15-25;/h4-5,8-9,16H,3,6-7,10-15H2,1-2H3,(H2,22,23,24);1H. The minimum atomic E-state index is -0.183. The number of hydrogen-bond acceptors (Lipinski definition) is 2. The number of aliphatic imine (C=N–C) groups is 1. The van der Waals surface area contributed by atoms with Gasteiger partial charge in [0.15, 0.2) is 5.96 Å². The highest BCUT2D eigenvalue weighted by Crippen LogP contribution is 2.16. The molecule has 7 heteroatoms. The minimum absolute atomic E-state index is 0. The van der Waals surface area contributed by atoms with Gasteiger partial charge in [-0.1, -0.05) is 25.1 Å². The Hall–Kier alpha value is -1.38. The summed E-state index contributed by atoms with van der Waals surface area (Å²) in [6.45, 7) is 7.71. The van der Waals surface area contributed by atoms with Gasteiger partial charge >= 0.3 is 0 Å².